The summed E-state index contributed by atoms with van der Waals surface area (Å²) in [5.74, 6) is -0.546. The van der Waals surface area contributed by atoms with Crippen molar-refractivity contribution < 1.29 is 19.4 Å². The number of ether oxygens (including phenoxy) is 1. The maximum Gasteiger partial charge on any atom is 0.318 e. The molecule has 1 aliphatic heterocycles. The fraction of sp³-hybridized carbons (Fsp3) is 0.167. The van der Waals surface area contributed by atoms with E-state index in [4.69, 9.17) is 16.3 Å². The molecule has 0 radical (unpaired) electrons. The first-order valence-electron chi connectivity index (χ1n) is 10.4. The highest BCUT2D eigenvalue weighted by Crippen LogP contribution is 2.28. The van der Waals surface area contributed by atoms with Crippen molar-refractivity contribution in [1.82, 2.24) is 15.3 Å². The molecule has 0 saturated carbocycles. The van der Waals surface area contributed by atoms with Crippen molar-refractivity contribution in [3.8, 4) is 6.01 Å². The Labute approximate surface area is 200 Å². The highest BCUT2D eigenvalue weighted by molar-refractivity contribution is 6.34. The van der Waals surface area contributed by atoms with Crippen molar-refractivity contribution >= 4 is 41.0 Å². The monoisotopic (exact) mass is 479 g/mol. The first kappa shape index (κ1) is 23.2. The summed E-state index contributed by atoms with van der Waals surface area (Å²) in [5.41, 5.74) is 2.25. The first-order valence-corrected chi connectivity index (χ1v) is 10.8. The number of hydrogen-bond acceptors (Lipinski definition) is 7. The summed E-state index contributed by atoms with van der Waals surface area (Å²) < 4.78 is 4.97. The molecule has 2 aromatic carbocycles. The number of carbonyl (C=O) groups excluding carboxylic acids is 2. The predicted molar refractivity (Wildman–Crippen MR) is 129 cm³/mol. The molecule has 174 valence electrons. The van der Waals surface area contributed by atoms with Gasteiger partial charge in [0.15, 0.2) is 6.23 Å². The largest absolute Gasteiger partial charge is 0.467 e. The average Bonchev–Trinajstić information content (AvgIpc) is 2.85. The molecule has 0 fully saturated rings. The summed E-state index contributed by atoms with van der Waals surface area (Å²) in [4.78, 5) is 33.6. The molecule has 1 aromatic heterocycles. The molecule has 2 amide bonds. The van der Waals surface area contributed by atoms with Gasteiger partial charge >= 0.3 is 6.01 Å². The average molecular weight is 480 g/mol. The number of halogens is 1. The Kier molecular flexibility index (Phi) is 7.05. The second-order valence-electron chi connectivity index (χ2n) is 7.45. The molecule has 0 aliphatic carbocycles. The topological polar surface area (TPSA) is 125 Å². The van der Waals surface area contributed by atoms with Gasteiger partial charge in [-0.2, -0.15) is 4.98 Å². The Morgan fingerprint density at radius 2 is 1.97 bits per heavy atom. The van der Waals surface area contributed by atoms with Crippen molar-refractivity contribution in [3.63, 3.8) is 0 Å². The first-order chi connectivity index (χ1) is 16.4. The Morgan fingerprint density at radius 1 is 1.18 bits per heavy atom. The van der Waals surface area contributed by atoms with E-state index in [1.54, 1.807) is 6.07 Å². The van der Waals surface area contributed by atoms with Crippen LogP contribution in [0.15, 0.2) is 60.3 Å². The van der Waals surface area contributed by atoms with Gasteiger partial charge in [-0.25, -0.2) is 4.98 Å². The zero-order chi connectivity index (χ0) is 24.1. The van der Waals surface area contributed by atoms with E-state index in [1.165, 1.54) is 31.5 Å². The minimum atomic E-state index is -1.31. The number of hydrogen-bond donors (Lipinski definition) is 4. The third-order valence-corrected chi connectivity index (χ3v) is 5.47. The normalized spacial score (nSPS) is 14.3. The summed E-state index contributed by atoms with van der Waals surface area (Å²) in [6.07, 6.45) is 2.33. The third-order valence-electron chi connectivity index (χ3n) is 5.14. The van der Waals surface area contributed by atoms with Crippen LogP contribution in [0.4, 0.5) is 11.5 Å². The van der Waals surface area contributed by atoms with Crippen LogP contribution in [-0.2, 0) is 11.2 Å². The predicted octanol–water partition coefficient (Wildman–Crippen LogP) is 2.88. The van der Waals surface area contributed by atoms with Gasteiger partial charge in [0, 0.05) is 23.9 Å². The van der Waals surface area contributed by atoms with Crippen LogP contribution in [0.25, 0.3) is 6.08 Å². The lowest BCUT2D eigenvalue weighted by atomic mass is 10.1. The number of amides is 2. The maximum atomic E-state index is 12.9. The van der Waals surface area contributed by atoms with Crippen molar-refractivity contribution in [1.29, 1.82) is 0 Å². The number of aromatic nitrogens is 2. The number of fused-ring (bicyclic) bond motifs is 1. The number of rotatable bonds is 7. The Morgan fingerprint density at radius 3 is 2.74 bits per heavy atom. The second kappa shape index (κ2) is 10.3. The summed E-state index contributed by atoms with van der Waals surface area (Å²) in [5, 5.41) is 18.9. The lowest BCUT2D eigenvalue weighted by Crippen LogP contribution is -2.32. The van der Waals surface area contributed by atoms with Crippen LogP contribution in [-0.4, -0.2) is 46.8 Å². The van der Waals surface area contributed by atoms with E-state index in [9.17, 15) is 14.7 Å². The third kappa shape index (κ3) is 5.33. The summed E-state index contributed by atoms with van der Waals surface area (Å²) in [6, 6.07) is 14.5. The SMILES string of the molecule is COc1ncc2c(n1)NC(O)C(C(=O)Nc1cc(C(=O)NCCc3ccccc3)ccc1Cl)=C2. The van der Waals surface area contributed by atoms with Gasteiger partial charge in [-0.05, 0) is 36.3 Å². The Bertz CT molecular complexity index is 1250. The molecule has 0 bridgehead atoms. The van der Waals surface area contributed by atoms with Gasteiger partial charge < -0.3 is 25.8 Å². The Hall–Kier alpha value is -3.95. The quantitative estimate of drug-likeness (QED) is 0.410. The number of nitrogens with zero attached hydrogens (tertiary/aromatic N) is 2. The molecule has 1 unspecified atom stereocenters. The molecule has 1 atom stereocenters. The van der Waals surface area contributed by atoms with Gasteiger partial charge in [0.25, 0.3) is 11.8 Å². The zero-order valence-electron chi connectivity index (χ0n) is 18.2. The molecule has 10 heteroatoms. The van der Waals surface area contributed by atoms with E-state index >= 15 is 0 Å². The minimum absolute atomic E-state index is 0.0371. The van der Waals surface area contributed by atoms with Crippen molar-refractivity contribution in [2.75, 3.05) is 24.3 Å². The van der Waals surface area contributed by atoms with Crippen LogP contribution >= 0.6 is 11.6 Å². The van der Waals surface area contributed by atoms with Gasteiger partial charge in [0.2, 0.25) is 0 Å². The summed E-state index contributed by atoms with van der Waals surface area (Å²) in [6.45, 7) is 0.462. The van der Waals surface area contributed by atoms with Crippen LogP contribution in [0, 0.1) is 0 Å². The van der Waals surface area contributed by atoms with Crippen molar-refractivity contribution in [3.05, 3.63) is 82.0 Å². The van der Waals surface area contributed by atoms with Crippen LogP contribution in [0.3, 0.4) is 0 Å². The fourth-order valence-electron chi connectivity index (χ4n) is 3.36. The number of nitrogens with one attached hydrogen (secondary N) is 3. The van der Waals surface area contributed by atoms with Gasteiger partial charge in [-0.15, -0.1) is 0 Å². The van der Waals surface area contributed by atoms with E-state index in [1.807, 2.05) is 30.3 Å². The van der Waals surface area contributed by atoms with E-state index < -0.39 is 12.1 Å². The molecule has 1 aliphatic rings. The zero-order valence-corrected chi connectivity index (χ0v) is 19.0. The summed E-state index contributed by atoms with van der Waals surface area (Å²) in [7, 11) is 1.43. The lowest BCUT2D eigenvalue weighted by Gasteiger charge is -2.23. The summed E-state index contributed by atoms with van der Waals surface area (Å²) >= 11 is 6.24. The number of anilines is 2. The van der Waals surface area contributed by atoms with Gasteiger partial charge in [0.1, 0.15) is 5.82 Å². The highest BCUT2D eigenvalue weighted by Gasteiger charge is 2.26. The van der Waals surface area contributed by atoms with Gasteiger partial charge in [0.05, 0.1) is 23.4 Å². The van der Waals surface area contributed by atoms with Crippen LogP contribution in [0.2, 0.25) is 5.02 Å². The Balaban J connectivity index is 1.45. The van der Waals surface area contributed by atoms with Crippen LogP contribution in [0.5, 0.6) is 6.01 Å². The standard InChI is InChI=1S/C24H22ClN5O4/c1-34-24-27-13-16-11-17(23(33)29-20(16)30-24)22(32)28-19-12-15(7-8-18(19)25)21(31)26-10-9-14-5-3-2-4-6-14/h2-8,11-13,23,33H,9-10H2,1H3,(H,26,31)(H,28,32)(H,27,29,30). The molecular weight excluding hydrogens is 458 g/mol. The molecular formula is C24H22ClN5O4. The molecule has 3 aromatic rings. The van der Waals surface area contributed by atoms with Crippen molar-refractivity contribution in [2.45, 2.75) is 12.6 Å². The molecule has 4 N–H and O–H groups in total. The molecule has 2 heterocycles. The molecule has 0 saturated heterocycles. The van der Waals surface area contributed by atoms with Crippen molar-refractivity contribution in [2.24, 2.45) is 0 Å². The number of aliphatic hydroxyl groups excluding tert-OH is 1. The van der Waals surface area contributed by atoms with E-state index in [-0.39, 0.29) is 28.2 Å². The highest BCUT2D eigenvalue weighted by atomic mass is 35.5. The van der Waals surface area contributed by atoms with Gasteiger partial charge in [-0.3, -0.25) is 9.59 Å². The number of benzene rings is 2. The number of carbonyl (C=O) groups is 2. The van der Waals surface area contributed by atoms with Gasteiger partial charge in [-0.1, -0.05) is 41.9 Å². The second-order valence-corrected chi connectivity index (χ2v) is 7.85. The molecule has 9 nitrogen and oxygen atoms in total. The number of aliphatic hydroxyl groups is 1. The van der Waals surface area contributed by atoms with Crippen LogP contribution < -0.4 is 20.7 Å². The number of methoxy groups -OCH3 is 1. The minimum Gasteiger partial charge on any atom is -0.467 e. The van der Waals surface area contributed by atoms with E-state index in [0.717, 1.165) is 5.56 Å². The fourth-order valence-corrected chi connectivity index (χ4v) is 3.53. The molecule has 34 heavy (non-hydrogen) atoms. The molecule has 4 rings (SSSR count). The maximum absolute atomic E-state index is 12.9. The smallest absolute Gasteiger partial charge is 0.318 e. The lowest BCUT2D eigenvalue weighted by molar-refractivity contribution is -0.113. The van der Waals surface area contributed by atoms with E-state index in [0.29, 0.717) is 29.9 Å². The van der Waals surface area contributed by atoms with Crippen LogP contribution in [0.1, 0.15) is 21.5 Å². The van der Waals surface area contributed by atoms with E-state index in [2.05, 4.69) is 25.9 Å². The molecule has 0 spiro atoms.